The Hall–Kier alpha value is -1.62. The summed E-state index contributed by atoms with van der Waals surface area (Å²) in [6.07, 6.45) is 4.63. The van der Waals surface area contributed by atoms with Crippen LogP contribution in [-0.4, -0.2) is 50.6 Å². The molecule has 0 aromatic heterocycles. The standard InChI is InChI=1S/C20H33FN4/c1-4-11-25-12-8-17(9-13-25)15-24-20(22-3)23-10-7-18-5-6-19(21)14-16(18)2/h5-6,14,17H,4,7-13,15H2,1-3H3,(H2,22,23,24). The number of halogens is 1. The molecule has 1 aliphatic heterocycles. The average molecular weight is 349 g/mol. The molecule has 0 saturated carbocycles. The van der Waals surface area contributed by atoms with Crippen LogP contribution in [0, 0.1) is 18.7 Å². The molecule has 25 heavy (non-hydrogen) atoms. The number of nitrogens with one attached hydrogen (secondary N) is 2. The molecule has 0 atom stereocenters. The van der Waals surface area contributed by atoms with Gasteiger partial charge in [-0.3, -0.25) is 4.99 Å². The molecule has 1 heterocycles. The molecule has 0 radical (unpaired) electrons. The van der Waals surface area contributed by atoms with E-state index in [1.807, 2.05) is 20.0 Å². The highest BCUT2D eigenvalue weighted by Crippen LogP contribution is 2.16. The van der Waals surface area contributed by atoms with Gasteiger partial charge in [-0.15, -0.1) is 0 Å². The van der Waals surface area contributed by atoms with Crippen molar-refractivity contribution in [1.29, 1.82) is 0 Å². The molecule has 1 aromatic carbocycles. The van der Waals surface area contributed by atoms with Crippen LogP contribution in [0.4, 0.5) is 4.39 Å². The first-order valence-electron chi connectivity index (χ1n) is 9.54. The summed E-state index contributed by atoms with van der Waals surface area (Å²) in [5.41, 5.74) is 2.18. The maximum atomic E-state index is 13.1. The summed E-state index contributed by atoms with van der Waals surface area (Å²) in [6, 6.07) is 4.99. The number of hydrogen-bond donors (Lipinski definition) is 2. The van der Waals surface area contributed by atoms with E-state index in [2.05, 4.69) is 27.4 Å². The lowest BCUT2D eigenvalue weighted by molar-refractivity contribution is 0.185. The minimum Gasteiger partial charge on any atom is -0.356 e. The zero-order valence-electron chi connectivity index (χ0n) is 15.9. The lowest BCUT2D eigenvalue weighted by Gasteiger charge is -2.32. The number of guanidine groups is 1. The van der Waals surface area contributed by atoms with Gasteiger partial charge in [-0.1, -0.05) is 13.0 Å². The number of rotatable bonds is 7. The van der Waals surface area contributed by atoms with Crippen molar-refractivity contribution in [2.75, 3.05) is 39.8 Å². The number of piperidine rings is 1. The fraction of sp³-hybridized carbons (Fsp3) is 0.650. The second-order valence-corrected chi connectivity index (χ2v) is 6.99. The smallest absolute Gasteiger partial charge is 0.190 e. The van der Waals surface area contributed by atoms with Crippen molar-refractivity contribution in [2.24, 2.45) is 10.9 Å². The van der Waals surface area contributed by atoms with Crippen LogP contribution in [0.3, 0.4) is 0 Å². The van der Waals surface area contributed by atoms with E-state index in [0.29, 0.717) is 0 Å². The molecular weight excluding hydrogens is 315 g/mol. The summed E-state index contributed by atoms with van der Waals surface area (Å²) >= 11 is 0. The Morgan fingerprint density at radius 3 is 2.68 bits per heavy atom. The Morgan fingerprint density at radius 2 is 2.04 bits per heavy atom. The van der Waals surface area contributed by atoms with Crippen molar-refractivity contribution in [3.8, 4) is 0 Å². The Bertz CT molecular complexity index is 551. The highest BCUT2D eigenvalue weighted by molar-refractivity contribution is 5.79. The van der Waals surface area contributed by atoms with E-state index < -0.39 is 0 Å². The van der Waals surface area contributed by atoms with Crippen molar-refractivity contribution < 1.29 is 4.39 Å². The fourth-order valence-corrected chi connectivity index (χ4v) is 3.45. The second-order valence-electron chi connectivity index (χ2n) is 6.99. The number of nitrogens with zero attached hydrogens (tertiary/aromatic N) is 2. The molecule has 1 aromatic rings. The van der Waals surface area contributed by atoms with Gasteiger partial charge >= 0.3 is 0 Å². The second kappa shape index (κ2) is 10.4. The van der Waals surface area contributed by atoms with E-state index in [1.165, 1.54) is 50.5 Å². The molecule has 2 N–H and O–H groups in total. The van der Waals surface area contributed by atoms with Gasteiger partial charge in [0.2, 0.25) is 0 Å². The van der Waals surface area contributed by atoms with Crippen molar-refractivity contribution in [2.45, 2.75) is 39.5 Å². The van der Waals surface area contributed by atoms with E-state index >= 15 is 0 Å². The number of likely N-dealkylation sites (tertiary alicyclic amines) is 1. The lowest BCUT2D eigenvalue weighted by atomic mass is 9.97. The SMILES string of the molecule is CCCN1CCC(CNC(=NC)NCCc2ccc(F)cc2C)CC1. The van der Waals surface area contributed by atoms with Gasteiger partial charge in [-0.05, 0) is 81.4 Å². The monoisotopic (exact) mass is 348 g/mol. The largest absolute Gasteiger partial charge is 0.356 e. The zero-order valence-corrected chi connectivity index (χ0v) is 15.9. The van der Waals surface area contributed by atoms with Crippen LogP contribution in [0.15, 0.2) is 23.2 Å². The molecule has 4 nitrogen and oxygen atoms in total. The molecule has 140 valence electrons. The summed E-state index contributed by atoms with van der Waals surface area (Å²) in [7, 11) is 1.81. The van der Waals surface area contributed by atoms with Crippen molar-refractivity contribution in [3.63, 3.8) is 0 Å². The molecule has 5 heteroatoms. The van der Waals surface area contributed by atoms with Gasteiger partial charge in [-0.25, -0.2) is 4.39 Å². The van der Waals surface area contributed by atoms with Gasteiger partial charge in [0.1, 0.15) is 5.82 Å². The van der Waals surface area contributed by atoms with Crippen LogP contribution < -0.4 is 10.6 Å². The minimum absolute atomic E-state index is 0.170. The fourth-order valence-electron chi connectivity index (χ4n) is 3.45. The molecule has 0 spiro atoms. The number of aliphatic imine (C=N–C) groups is 1. The first-order chi connectivity index (χ1) is 12.1. The number of hydrogen-bond acceptors (Lipinski definition) is 2. The lowest BCUT2D eigenvalue weighted by Crippen LogP contribution is -2.43. The van der Waals surface area contributed by atoms with E-state index in [0.717, 1.165) is 37.0 Å². The summed E-state index contributed by atoms with van der Waals surface area (Å²) in [4.78, 5) is 6.87. The van der Waals surface area contributed by atoms with Gasteiger partial charge in [0.25, 0.3) is 0 Å². The molecule has 0 aliphatic carbocycles. The maximum absolute atomic E-state index is 13.1. The zero-order chi connectivity index (χ0) is 18.1. The normalized spacial score (nSPS) is 16.9. The van der Waals surface area contributed by atoms with E-state index in [1.54, 1.807) is 6.07 Å². The molecular formula is C20H33FN4. The van der Waals surface area contributed by atoms with E-state index in [4.69, 9.17) is 0 Å². The summed E-state index contributed by atoms with van der Waals surface area (Å²) in [5.74, 6) is 1.42. The Morgan fingerprint density at radius 1 is 1.28 bits per heavy atom. The number of benzene rings is 1. The Balaban J connectivity index is 1.67. The quantitative estimate of drug-likeness (QED) is 0.588. The summed E-state index contributed by atoms with van der Waals surface area (Å²) < 4.78 is 13.1. The minimum atomic E-state index is -0.170. The third kappa shape index (κ3) is 6.65. The van der Waals surface area contributed by atoms with Crippen LogP contribution in [0.2, 0.25) is 0 Å². The average Bonchev–Trinajstić information content (AvgIpc) is 2.61. The molecule has 1 aliphatic rings. The highest BCUT2D eigenvalue weighted by Gasteiger charge is 2.18. The van der Waals surface area contributed by atoms with Crippen LogP contribution in [0.5, 0.6) is 0 Å². The first kappa shape index (κ1) is 19.7. The molecule has 1 fully saturated rings. The van der Waals surface area contributed by atoms with E-state index in [-0.39, 0.29) is 5.82 Å². The Labute approximate surface area is 151 Å². The van der Waals surface area contributed by atoms with Crippen LogP contribution in [-0.2, 0) is 6.42 Å². The van der Waals surface area contributed by atoms with Gasteiger partial charge in [0.05, 0.1) is 0 Å². The molecule has 0 amide bonds. The first-order valence-corrected chi connectivity index (χ1v) is 9.54. The van der Waals surface area contributed by atoms with Gasteiger partial charge in [0, 0.05) is 20.1 Å². The predicted molar refractivity (Wildman–Crippen MR) is 104 cm³/mol. The topological polar surface area (TPSA) is 39.7 Å². The van der Waals surface area contributed by atoms with Gasteiger partial charge in [-0.2, -0.15) is 0 Å². The maximum Gasteiger partial charge on any atom is 0.190 e. The molecule has 1 saturated heterocycles. The third-order valence-corrected chi connectivity index (χ3v) is 5.02. The van der Waals surface area contributed by atoms with Gasteiger partial charge < -0.3 is 15.5 Å². The Kier molecular flexibility index (Phi) is 8.19. The van der Waals surface area contributed by atoms with Crippen LogP contribution in [0.25, 0.3) is 0 Å². The third-order valence-electron chi connectivity index (χ3n) is 5.02. The van der Waals surface area contributed by atoms with Crippen molar-refractivity contribution in [1.82, 2.24) is 15.5 Å². The van der Waals surface area contributed by atoms with Crippen molar-refractivity contribution in [3.05, 3.63) is 35.1 Å². The predicted octanol–water partition coefficient (Wildman–Crippen LogP) is 2.96. The summed E-state index contributed by atoms with van der Waals surface area (Å²) in [6.45, 7) is 9.64. The van der Waals surface area contributed by atoms with Gasteiger partial charge in [0.15, 0.2) is 5.96 Å². The van der Waals surface area contributed by atoms with Crippen molar-refractivity contribution >= 4 is 5.96 Å². The van der Waals surface area contributed by atoms with Crippen LogP contribution >= 0.6 is 0 Å². The number of aryl methyl sites for hydroxylation is 1. The highest BCUT2D eigenvalue weighted by atomic mass is 19.1. The molecule has 2 rings (SSSR count). The van der Waals surface area contributed by atoms with E-state index in [9.17, 15) is 4.39 Å². The molecule has 0 bridgehead atoms. The van der Waals surface area contributed by atoms with Crippen LogP contribution in [0.1, 0.15) is 37.3 Å². The summed E-state index contributed by atoms with van der Waals surface area (Å²) in [5, 5.41) is 6.82. The molecule has 0 unspecified atom stereocenters.